The van der Waals surface area contributed by atoms with Crippen LogP contribution >= 0.6 is 0 Å². The first-order valence-corrected chi connectivity index (χ1v) is 6.79. The minimum atomic E-state index is 0.601. The van der Waals surface area contributed by atoms with Gasteiger partial charge in [0.1, 0.15) is 0 Å². The van der Waals surface area contributed by atoms with E-state index in [1.54, 1.807) is 0 Å². The van der Waals surface area contributed by atoms with E-state index in [4.69, 9.17) is 0 Å². The monoisotopic (exact) mass is 247 g/mol. The minimum Gasteiger partial charge on any atom is -0.368 e. The average molecular weight is 247 g/mol. The predicted molar refractivity (Wildman–Crippen MR) is 78.5 cm³/mol. The summed E-state index contributed by atoms with van der Waals surface area (Å²) in [6.07, 6.45) is 0. The third-order valence-corrected chi connectivity index (χ3v) is 4.13. The number of hydrogen-bond donors (Lipinski definition) is 1. The van der Waals surface area contributed by atoms with Crippen molar-refractivity contribution in [2.45, 2.75) is 19.9 Å². The molecule has 0 aliphatic carbocycles. The highest BCUT2D eigenvalue weighted by Gasteiger charge is 2.24. The van der Waals surface area contributed by atoms with Crippen molar-refractivity contribution in [2.75, 3.05) is 45.2 Å². The number of benzene rings is 1. The number of rotatable bonds is 3. The number of anilines is 1. The van der Waals surface area contributed by atoms with Crippen LogP contribution in [0.25, 0.3) is 0 Å². The molecule has 1 heterocycles. The number of likely N-dealkylation sites (N-methyl/N-ethyl adjacent to an activating group) is 2. The van der Waals surface area contributed by atoms with Crippen LogP contribution in [0.3, 0.4) is 0 Å². The topological polar surface area (TPSA) is 18.5 Å². The van der Waals surface area contributed by atoms with Gasteiger partial charge >= 0.3 is 0 Å². The highest BCUT2D eigenvalue weighted by Crippen LogP contribution is 2.24. The Morgan fingerprint density at radius 3 is 2.78 bits per heavy atom. The van der Waals surface area contributed by atoms with Crippen LogP contribution in [0.15, 0.2) is 18.2 Å². The van der Waals surface area contributed by atoms with Gasteiger partial charge in [0.25, 0.3) is 0 Å². The molecule has 1 unspecified atom stereocenters. The smallest absolute Gasteiger partial charge is 0.0399 e. The lowest BCUT2D eigenvalue weighted by atomic mass is 10.1. The van der Waals surface area contributed by atoms with Crippen molar-refractivity contribution < 1.29 is 0 Å². The Morgan fingerprint density at radius 2 is 2.06 bits per heavy atom. The molecular formula is C15H25N3. The Balaban J connectivity index is 2.16. The molecule has 0 radical (unpaired) electrons. The van der Waals surface area contributed by atoms with Gasteiger partial charge in [-0.3, -0.25) is 4.90 Å². The van der Waals surface area contributed by atoms with E-state index >= 15 is 0 Å². The van der Waals surface area contributed by atoms with Gasteiger partial charge in [0.15, 0.2) is 0 Å². The van der Waals surface area contributed by atoms with E-state index in [1.165, 1.54) is 16.8 Å². The van der Waals surface area contributed by atoms with Gasteiger partial charge in [-0.05, 0) is 45.1 Å². The van der Waals surface area contributed by atoms with Crippen molar-refractivity contribution in [2.24, 2.45) is 0 Å². The summed E-state index contributed by atoms with van der Waals surface area (Å²) in [6, 6.07) is 7.22. The van der Waals surface area contributed by atoms with Crippen LogP contribution in [0.2, 0.25) is 0 Å². The second-order valence-electron chi connectivity index (χ2n) is 5.36. The van der Waals surface area contributed by atoms with Crippen LogP contribution in [-0.2, 0) is 0 Å². The summed E-state index contributed by atoms with van der Waals surface area (Å²) in [5.41, 5.74) is 4.21. The van der Waals surface area contributed by atoms with Crippen molar-refractivity contribution in [3.05, 3.63) is 29.3 Å². The first kappa shape index (κ1) is 13.4. The zero-order valence-electron chi connectivity index (χ0n) is 12.0. The largest absolute Gasteiger partial charge is 0.368 e. The van der Waals surface area contributed by atoms with Crippen LogP contribution < -0.4 is 10.2 Å². The molecule has 1 aromatic carbocycles. The summed E-state index contributed by atoms with van der Waals surface area (Å²) in [4.78, 5) is 4.99. The highest BCUT2D eigenvalue weighted by atomic mass is 15.3. The lowest BCUT2D eigenvalue weighted by Crippen LogP contribution is -2.55. The fourth-order valence-corrected chi connectivity index (χ4v) is 2.70. The standard InChI is InChI=1S/C15H25N3/c1-12-6-5-7-15(13(12)2)18-9-8-17(4)14(11-18)10-16-3/h5-7,14,16H,8-11H2,1-4H3. The van der Waals surface area contributed by atoms with Gasteiger partial charge in [-0.15, -0.1) is 0 Å². The molecule has 1 aliphatic heterocycles. The van der Waals surface area contributed by atoms with E-state index in [-0.39, 0.29) is 0 Å². The van der Waals surface area contributed by atoms with Crippen molar-refractivity contribution in [3.63, 3.8) is 0 Å². The molecule has 0 bridgehead atoms. The van der Waals surface area contributed by atoms with Crippen molar-refractivity contribution in [1.82, 2.24) is 10.2 Å². The minimum absolute atomic E-state index is 0.601. The molecule has 1 atom stereocenters. The van der Waals surface area contributed by atoms with E-state index in [0.717, 1.165) is 26.2 Å². The average Bonchev–Trinajstić information content (AvgIpc) is 2.36. The molecule has 0 amide bonds. The maximum atomic E-state index is 3.30. The fraction of sp³-hybridized carbons (Fsp3) is 0.600. The number of aryl methyl sites for hydroxylation is 1. The SMILES string of the molecule is CNCC1CN(c2cccc(C)c2C)CCN1C. The second kappa shape index (κ2) is 5.72. The fourth-order valence-electron chi connectivity index (χ4n) is 2.70. The number of nitrogens with zero attached hydrogens (tertiary/aromatic N) is 2. The summed E-state index contributed by atoms with van der Waals surface area (Å²) in [5, 5.41) is 3.30. The zero-order valence-corrected chi connectivity index (χ0v) is 12.0. The van der Waals surface area contributed by atoms with Crippen LogP contribution in [0.4, 0.5) is 5.69 Å². The van der Waals surface area contributed by atoms with Crippen LogP contribution in [0, 0.1) is 13.8 Å². The third-order valence-electron chi connectivity index (χ3n) is 4.13. The van der Waals surface area contributed by atoms with Crippen molar-refractivity contribution in [3.8, 4) is 0 Å². The van der Waals surface area contributed by atoms with Gasteiger partial charge in [-0.2, -0.15) is 0 Å². The normalized spacial score (nSPS) is 21.3. The number of hydrogen-bond acceptors (Lipinski definition) is 3. The van der Waals surface area contributed by atoms with Crippen molar-refractivity contribution in [1.29, 1.82) is 0 Å². The Labute approximate surface area is 111 Å². The molecule has 1 fully saturated rings. The molecule has 0 saturated carbocycles. The second-order valence-corrected chi connectivity index (χ2v) is 5.36. The Kier molecular flexibility index (Phi) is 4.25. The molecular weight excluding hydrogens is 222 g/mol. The summed E-state index contributed by atoms with van der Waals surface area (Å²) in [6.45, 7) is 8.86. The summed E-state index contributed by atoms with van der Waals surface area (Å²) in [5.74, 6) is 0. The summed E-state index contributed by atoms with van der Waals surface area (Å²) >= 11 is 0. The van der Waals surface area contributed by atoms with Crippen molar-refractivity contribution >= 4 is 5.69 Å². The van der Waals surface area contributed by atoms with E-state index in [1.807, 2.05) is 7.05 Å². The van der Waals surface area contributed by atoms with E-state index < -0.39 is 0 Å². The Hall–Kier alpha value is -1.06. The predicted octanol–water partition coefficient (Wildman–Crippen LogP) is 1.64. The molecule has 0 spiro atoms. The molecule has 0 aromatic heterocycles. The Bertz CT molecular complexity index is 403. The maximum absolute atomic E-state index is 3.30. The highest BCUT2D eigenvalue weighted by molar-refractivity contribution is 5.56. The molecule has 1 saturated heterocycles. The van der Waals surface area contributed by atoms with Crippen LogP contribution in [-0.4, -0.2) is 51.2 Å². The number of nitrogens with one attached hydrogen (secondary N) is 1. The molecule has 18 heavy (non-hydrogen) atoms. The molecule has 1 aromatic rings. The molecule has 3 heteroatoms. The quantitative estimate of drug-likeness (QED) is 0.876. The van der Waals surface area contributed by atoms with Gasteiger partial charge in [-0.25, -0.2) is 0 Å². The molecule has 100 valence electrons. The molecule has 1 N–H and O–H groups in total. The van der Waals surface area contributed by atoms with Gasteiger partial charge in [0.2, 0.25) is 0 Å². The Morgan fingerprint density at radius 1 is 1.28 bits per heavy atom. The third kappa shape index (κ3) is 2.68. The van der Waals surface area contributed by atoms with Crippen LogP contribution in [0.1, 0.15) is 11.1 Å². The first-order chi connectivity index (χ1) is 8.63. The van der Waals surface area contributed by atoms with Gasteiger partial charge < -0.3 is 10.2 Å². The van der Waals surface area contributed by atoms with Gasteiger partial charge in [0, 0.05) is 37.9 Å². The molecule has 2 rings (SSSR count). The zero-order chi connectivity index (χ0) is 13.1. The molecule has 1 aliphatic rings. The summed E-state index contributed by atoms with van der Waals surface area (Å²) in [7, 11) is 4.26. The van der Waals surface area contributed by atoms with E-state index in [9.17, 15) is 0 Å². The van der Waals surface area contributed by atoms with Crippen LogP contribution in [0.5, 0.6) is 0 Å². The first-order valence-electron chi connectivity index (χ1n) is 6.79. The number of piperazine rings is 1. The van der Waals surface area contributed by atoms with Gasteiger partial charge in [-0.1, -0.05) is 12.1 Å². The van der Waals surface area contributed by atoms with E-state index in [2.05, 4.69) is 54.2 Å². The lowest BCUT2D eigenvalue weighted by molar-refractivity contribution is 0.216. The van der Waals surface area contributed by atoms with Gasteiger partial charge in [0.05, 0.1) is 0 Å². The maximum Gasteiger partial charge on any atom is 0.0399 e. The van der Waals surface area contributed by atoms with E-state index in [0.29, 0.717) is 6.04 Å². The lowest BCUT2D eigenvalue weighted by Gasteiger charge is -2.41. The molecule has 3 nitrogen and oxygen atoms in total. The summed E-state index contributed by atoms with van der Waals surface area (Å²) < 4.78 is 0.